The topological polar surface area (TPSA) is 105 Å². The highest BCUT2D eigenvalue weighted by Gasteiger charge is 2.11. The van der Waals surface area contributed by atoms with Crippen LogP contribution in [-0.2, 0) is 19.2 Å². The van der Waals surface area contributed by atoms with Gasteiger partial charge in [-0.05, 0) is 0 Å². The maximum atomic E-state index is 10.2. The van der Waals surface area contributed by atoms with Crippen molar-refractivity contribution in [2.45, 2.75) is 0 Å². The summed E-state index contributed by atoms with van der Waals surface area (Å²) in [5.41, 5.74) is 2.43. The molecule has 56 valence electrons. The Labute approximate surface area is 54.9 Å². The van der Waals surface area contributed by atoms with E-state index in [1.54, 1.807) is 0 Å². The minimum absolute atomic E-state index is 0.0808. The molecule has 10 heavy (non-hydrogen) atoms. The lowest BCUT2D eigenvalue weighted by atomic mass is 10.6. The predicted octanol–water partition coefficient (Wildman–Crippen LogP) is -2.30. The molecule has 0 rings (SSSR count). The quantitative estimate of drug-likeness (QED) is 0.177. The summed E-state index contributed by atoms with van der Waals surface area (Å²) in [6, 6.07) is 0. The molecule has 0 saturated heterocycles. The summed E-state index contributed by atoms with van der Waals surface area (Å²) in [6.07, 6.45) is 0. The molecule has 7 heteroatoms. The van der Waals surface area contributed by atoms with E-state index in [-0.39, 0.29) is 6.47 Å². The van der Waals surface area contributed by atoms with Crippen molar-refractivity contribution < 1.29 is 24.4 Å². The Balaban J connectivity index is 3.62. The van der Waals surface area contributed by atoms with Crippen LogP contribution in [-0.4, -0.2) is 23.5 Å². The van der Waals surface area contributed by atoms with Crippen molar-refractivity contribution in [3.63, 3.8) is 0 Å². The molecule has 0 bridgehead atoms. The van der Waals surface area contributed by atoms with Gasteiger partial charge in [-0.2, -0.15) is 5.48 Å². The van der Waals surface area contributed by atoms with E-state index in [0.29, 0.717) is 0 Å². The van der Waals surface area contributed by atoms with E-state index in [2.05, 4.69) is 4.84 Å². The first-order valence-electron chi connectivity index (χ1n) is 2.06. The summed E-state index contributed by atoms with van der Waals surface area (Å²) in [6.45, 7) is -0.0808. The fourth-order valence-electron chi connectivity index (χ4n) is 0.175. The Morgan fingerprint density at radius 2 is 2.00 bits per heavy atom. The van der Waals surface area contributed by atoms with E-state index >= 15 is 0 Å². The van der Waals surface area contributed by atoms with Crippen LogP contribution in [0.15, 0.2) is 0 Å². The van der Waals surface area contributed by atoms with E-state index in [0.717, 1.165) is 5.48 Å². The van der Waals surface area contributed by atoms with Crippen LogP contribution in [0, 0.1) is 0 Å². The van der Waals surface area contributed by atoms with Gasteiger partial charge in [0.15, 0.2) is 0 Å². The Hall–Kier alpha value is -1.63. The molecule has 0 fully saturated rings. The Bertz CT molecular complexity index is 155. The van der Waals surface area contributed by atoms with Crippen LogP contribution in [0.2, 0.25) is 0 Å². The van der Waals surface area contributed by atoms with Crippen molar-refractivity contribution in [1.29, 1.82) is 0 Å². The van der Waals surface area contributed by atoms with Gasteiger partial charge in [-0.25, -0.2) is 5.48 Å². The van der Waals surface area contributed by atoms with E-state index in [4.69, 9.17) is 5.21 Å². The third-order valence-electron chi connectivity index (χ3n) is 0.508. The molecule has 0 spiro atoms. The second-order valence-corrected chi connectivity index (χ2v) is 1.09. The molecule has 0 unspecified atom stereocenters. The van der Waals surface area contributed by atoms with E-state index in [9.17, 15) is 14.4 Å². The lowest BCUT2D eigenvalue weighted by Crippen LogP contribution is -2.38. The third-order valence-corrected chi connectivity index (χ3v) is 0.508. The van der Waals surface area contributed by atoms with Crippen LogP contribution in [0.1, 0.15) is 0 Å². The van der Waals surface area contributed by atoms with Crippen LogP contribution in [0.4, 0.5) is 0 Å². The molecule has 0 saturated carbocycles. The van der Waals surface area contributed by atoms with Gasteiger partial charge in [0.25, 0.3) is 0 Å². The van der Waals surface area contributed by atoms with Gasteiger partial charge in [0, 0.05) is 0 Å². The van der Waals surface area contributed by atoms with Gasteiger partial charge in [-0.3, -0.25) is 19.6 Å². The summed E-state index contributed by atoms with van der Waals surface area (Å²) in [4.78, 5) is 33.3. The summed E-state index contributed by atoms with van der Waals surface area (Å²) in [5, 5.41) is 7.80. The second kappa shape index (κ2) is 4.27. The Morgan fingerprint density at radius 1 is 1.40 bits per heavy atom. The monoisotopic (exact) mass is 148 g/mol. The van der Waals surface area contributed by atoms with E-state index in [1.165, 1.54) is 5.48 Å². The highest BCUT2D eigenvalue weighted by Crippen LogP contribution is 1.64. The lowest BCUT2D eigenvalue weighted by molar-refractivity contribution is -0.155. The maximum absolute atomic E-state index is 10.2. The molecule has 0 atom stereocenters. The average Bonchev–Trinajstić information content (AvgIpc) is 1.98. The fraction of sp³-hybridized carbons (Fsp3) is 0. The van der Waals surface area contributed by atoms with Crippen molar-refractivity contribution in [3.05, 3.63) is 0 Å². The van der Waals surface area contributed by atoms with Crippen molar-refractivity contribution >= 4 is 18.3 Å². The molecule has 7 nitrogen and oxygen atoms in total. The minimum atomic E-state index is -1.32. The van der Waals surface area contributed by atoms with Crippen molar-refractivity contribution in [3.8, 4) is 0 Å². The predicted molar refractivity (Wildman–Crippen MR) is 25.2 cm³/mol. The summed E-state index contributed by atoms with van der Waals surface area (Å²) in [7, 11) is 0. The lowest BCUT2D eigenvalue weighted by Gasteiger charge is -1.96. The van der Waals surface area contributed by atoms with Crippen LogP contribution in [0.5, 0.6) is 0 Å². The van der Waals surface area contributed by atoms with Gasteiger partial charge in [-0.1, -0.05) is 0 Å². The summed E-state index contributed by atoms with van der Waals surface area (Å²) >= 11 is 0. The zero-order valence-electron chi connectivity index (χ0n) is 4.66. The SMILES string of the molecule is O=CONC(=O)C(=O)NO. The molecular weight excluding hydrogens is 144 g/mol. The first kappa shape index (κ1) is 8.37. The first-order valence-corrected chi connectivity index (χ1v) is 2.06. The molecule has 0 aromatic heterocycles. The normalized spacial score (nSPS) is 7.70. The van der Waals surface area contributed by atoms with Crippen LogP contribution >= 0.6 is 0 Å². The fourth-order valence-corrected chi connectivity index (χ4v) is 0.175. The first-order chi connectivity index (χ1) is 4.72. The highest BCUT2D eigenvalue weighted by molar-refractivity contribution is 6.34. The molecule has 0 aromatic rings. The number of carbonyl (C=O) groups is 3. The van der Waals surface area contributed by atoms with Crippen molar-refractivity contribution in [2.75, 3.05) is 0 Å². The molecule has 0 heterocycles. The Morgan fingerprint density at radius 3 is 2.40 bits per heavy atom. The molecule has 0 aromatic carbocycles. The molecule has 3 N–H and O–H groups in total. The summed E-state index contributed by atoms with van der Waals surface area (Å²) < 4.78 is 0. The number of rotatable bonds is 2. The number of hydrogen-bond donors (Lipinski definition) is 3. The summed E-state index contributed by atoms with van der Waals surface area (Å²) in [5.74, 6) is -2.59. The number of nitrogens with one attached hydrogen (secondary N) is 2. The molecule has 0 aliphatic heterocycles. The molecule has 0 aliphatic rings. The standard InChI is InChI=1S/C3H4N2O5/c6-1-10-5-3(8)2(7)4-9/h1,9H,(H,4,7)(H,5,8). The van der Waals surface area contributed by atoms with Gasteiger partial charge < -0.3 is 4.84 Å². The zero-order chi connectivity index (χ0) is 7.98. The van der Waals surface area contributed by atoms with E-state index < -0.39 is 11.8 Å². The van der Waals surface area contributed by atoms with Crippen LogP contribution < -0.4 is 11.0 Å². The number of amides is 2. The van der Waals surface area contributed by atoms with E-state index in [1.807, 2.05) is 0 Å². The molecular formula is C3H4N2O5. The minimum Gasteiger partial charge on any atom is -0.344 e. The molecule has 2 amide bonds. The average molecular weight is 148 g/mol. The van der Waals surface area contributed by atoms with Gasteiger partial charge in [-0.15, -0.1) is 0 Å². The second-order valence-electron chi connectivity index (χ2n) is 1.09. The van der Waals surface area contributed by atoms with Gasteiger partial charge in [0.05, 0.1) is 0 Å². The third kappa shape index (κ3) is 2.62. The van der Waals surface area contributed by atoms with Crippen molar-refractivity contribution in [2.24, 2.45) is 0 Å². The number of hydrogen-bond acceptors (Lipinski definition) is 5. The smallest absolute Gasteiger partial charge is 0.344 e. The van der Waals surface area contributed by atoms with Crippen LogP contribution in [0.25, 0.3) is 0 Å². The molecule has 0 radical (unpaired) electrons. The van der Waals surface area contributed by atoms with Gasteiger partial charge in [0.1, 0.15) is 0 Å². The van der Waals surface area contributed by atoms with Crippen molar-refractivity contribution in [1.82, 2.24) is 11.0 Å². The number of carbonyl (C=O) groups excluding carboxylic acids is 3. The van der Waals surface area contributed by atoms with Gasteiger partial charge in [0.2, 0.25) is 0 Å². The van der Waals surface area contributed by atoms with Gasteiger partial charge >= 0.3 is 18.3 Å². The van der Waals surface area contributed by atoms with Crippen LogP contribution in [0.3, 0.4) is 0 Å². The molecule has 0 aliphatic carbocycles. The number of hydroxylamine groups is 2. The largest absolute Gasteiger partial charge is 0.344 e. The highest BCUT2D eigenvalue weighted by atomic mass is 16.7. The maximum Gasteiger partial charge on any atom is 0.344 e. The Kier molecular flexibility index (Phi) is 3.57. The zero-order valence-corrected chi connectivity index (χ0v) is 4.66.